The van der Waals surface area contributed by atoms with Crippen molar-refractivity contribution in [3.05, 3.63) is 12.7 Å². The van der Waals surface area contributed by atoms with E-state index in [-0.39, 0.29) is 43.2 Å². The number of aliphatic hydroxyl groups excluding tert-OH is 1. The van der Waals surface area contributed by atoms with Crippen LogP contribution in [0.15, 0.2) is 12.7 Å². The minimum atomic E-state index is -1.54. The molecule has 0 saturated heterocycles. The van der Waals surface area contributed by atoms with E-state index >= 15 is 0 Å². The molecule has 0 heterocycles. The monoisotopic (exact) mass is 140 g/mol. The fourth-order valence-corrected chi connectivity index (χ4v) is 0.263. The van der Waals surface area contributed by atoms with Crippen LogP contribution in [0.1, 0.15) is 7.85 Å². The van der Waals surface area contributed by atoms with Crippen molar-refractivity contribution in [2.45, 2.75) is 12.7 Å². The van der Waals surface area contributed by atoms with E-state index in [1.165, 1.54) is 0 Å². The quantitative estimate of drug-likeness (QED) is 0.243. The maximum absolute atomic E-state index is 10.2. The molecule has 0 atom stereocenters. The first-order valence-corrected chi connectivity index (χ1v) is 2.18. The molecule has 0 spiro atoms. The molecule has 48 valence electrons. The van der Waals surface area contributed by atoms with Crippen molar-refractivity contribution in [1.29, 1.82) is 0 Å². The molecule has 2 N–H and O–H groups in total. The second-order valence-corrected chi connectivity index (χ2v) is 1.36. The average molecular weight is 140 g/mol. The molecule has 0 aliphatic rings. The molecule has 0 unspecified atom stereocenters. The second-order valence-electron chi connectivity index (χ2n) is 1.36. The zero-order chi connectivity index (χ0) is 6.57. The number of ketones is 1. The molecular formula is C5H9NaO3. The van der Waals surface area contributed by atoms with Gasteiger partial charge in [0.25, 0.3) is 0 Å². The van der Waals surface area contributed by atoms with E-state index in [4.69, 9.17) is 10.2 Å². The van der Waals surface area contributed by atoms with Crippen LogP contribution < -0.4 is 29.6 Å². The summed E-state index contributed by atoms with van der Waals surface area (Å²) in [5.74, 6) is -0.361. The Morgan fingerprint density at radius 2 is 2.22 bits per heavy atom. The molecule has 0 aromatic heterocycles. The van der Waals surface area contributed by atoms with Gasteiger partial charge in [-0.1, -0.05) is 6.58 Å². The van der Waals surface area contributed by atoms with Gasteiger partial charge in [-0.25, -0.2) is 0 Å². The van der Waals surface area contributed by atoms with Crippen molar-refractivity contribution >= 4 is 5.78 Å². The third kappa shape index (κ3) is 8.33. The van der Waals surface area contributed by atoms with E-state index in [2.05, 4.69) is 6.58 Å². The zero-order valence-corrected chi connectivity index (χ0v) is 7.37. The van der Waals surface area contributed by atoms with Crippen molar-refractivity contribution in [3.63, 3.8) is 0 Å². The number of allylic oxidation sites excluding steroid dienone is 1. The third-order valence-electron chi connectivity index (χ3n) is 0.611. The van der Waals surface area contributed by atoms with Crippen LogP contribution in [-0.2, 0) is 4.79 Å². The maximum atomic E-state index is 10.2. The summed E-state index contributed by atoms with van der Waals surface area (Å²) in [4.78, 5) is 10.2. The number of carbonyl (C=O) groups excluding carboxylic acids is 1. The van der Waals surface area contributed by atoms with E-state index in [0.717, 1.165) is 6.08 Å². The predicted octanol–water partition coefficient (Wildman–Crippen LogP) is -3.44. The van der Waals surface area contributed by atoms with Gasteiger partial charge >= 0.3 is 29.6 Å². The van der Waals surface area contributed by atoms with E-state index in [0.29, 0.717) is 0 Å². The van der Waals surface area contributed by atoms with Crippen molar-refractivity contribution in [3.8, 4) is 0 Å². The normalized spacial score (nSPS) is 8.33. The summed E-state index contributed by atoms with van der Waals surface area (Å²) < 4.78 is 0. The second kappa shape index (κ2) is 6.45. The number of aliphatic hydroxyl groups is 2. The van der Waals surface area contributed by atoms with Crippen LogP contribution in [0.3, 0.4) is 0 Å². The molecule has 0 aromatic rings. The summed E-state index contributed by atoms with van der Waals surface area (Å²) >= 11 is 0. The fourth-order valence-electron chi connectivity index (χ4n) is 0.263. The Hall–Kier alpha value is 0.330. The minimum absolute atomic E-state index is 0. The van der Waals surface area contributed by atoms with Gasteiger partial charge in [0.1, 0.15) is 0 Å². The van der Waals surface area contributed by atoms with Crippen LogP contribution in [0.2, 0.25) is 0 Å². The first-order chi connectivity index (χ1) is 3.66. The summed E-state index contributed by atoms with van der Waals surface area (Å²) in [6.07, 6.45) is -0.747. The average Bonchev–Trinajstić information content (AvgIpc) is 1.65. The summed E-state index contributed by atoms with van der Waals surface area (Å²) in [5, 5.41) is 16.3. The molecular weight excluding hydrogens is 131 g/mol. The fraction of sp³-hybridized carbons (Fsp3) is 0.400. The number of carbonyl (C=O) groups is 1. The van der Waals surface area contributed by atoms with Gasteiger partial charge in [0, 0.05) is 0 Å². The zero-order valence-electron chi connectivity index (χ0n) is 6.37. The molecule has 0 amide bonds. The Morgan fingerprint density at radius 1 is 1.78 bits per heavy atom. The van der Waals surface area contributed by atoms with E-state index in [9.17, 15) is 4.79 Å². The molecule has 0 fully saturated rings. The van der Waals surface area contributed by atoms with Gasteiger partial charge in [-0.2, -0.15) is 0 Å². The summed E-state index contributed by atoms with van der Waals surface area (Å²) in [7, 11) is 0. The predicted molar refractivity (Wildman–Crippen MR) is 29.2 cm³/mol. The Bertz CT molecular complexity index is 105. The van der Waals surface area contributed by atoms with Gasteiger partial charge in [-0.15, -0.1) is 0 Å². The number of hydrogen-bond donors (Lipinski definition) is 2. The maximum Gasteiger partial charge on any atom is 1.00 e. The molecule has 0 saturated carbocycles. The number of hydrogen-bond acceptors (Lipinski definition) is 3. The first kappa shape index (κ1) is 12.0. The van der Waals surface area contributed by atoms with Gasteiger partial charge in [0.05, 0.1) is 6.42 Å². The number of rotatable bonds is 3. The molecule has 3 nitrogen and oxygen atoms in total. The van der Waals surface area contributed by atoms with Crippen LogP contribution in [0.4, 0.5) is 0 Å². The van der Waals surface area contributed by atoms with E-state index in [1.807, 2.05) is 0 Å². The molecule has 0 aromatic carbocycles. The van der Waals surface area contributed by atoms with Crippen molar-refractivity contribution in [1.82, 2.24) is 0 Å². The molecule has 0 aliphatic carbocycles. The summed E-state index contributed by atoms with van der Waals surface area (Å²) in [5.41, 5.74) is 0. The third-order valence-corrected chi connectivity index (χ3v) is 0.611. The van der Waals surface area contributed by atoms with Crippen molar-refractivity contribution in [2.24, 2.45) is 0 Å². The molecule has 0 aliphatic heterocycles. The standard InChI is InChI=1S/C5H8O3.Na.H/c1-2-4(6)3-5(7)8;;/h2,5,7-8H,1,3H2;;/q;+1;-1. The molecule has 0 rings (SSSR count). The van der Waals surface area contributed by atoms with Gasteiger partial charge in [-0.3, -0.25) is 4.79 Å². The van der Waals surface area contributed by atoms with Crippen LogP contribution in [0.25, 0.3) is 0 Å². The SMILES string of the molecule is C=CC(=O)CC(O)O.[H-].[Na+]. The van der Waals surface area contributed by atoms with Crippen LogP contribution in [-0.4, -0.2) is 22.3 Å². The Morgan fingerprint density at radius 3 is 2.33 bits per heavy atom. The first-order valence-electron chi connectivity index (χ1n) is 2.18. The molecule has 0 bridgehead atoms. The Kier molecular flexibility index (Phi) is 8.64. The van der Waals surface area contributed by atoms with Crippen molar-refractivity contribution < 1.29 is 46.0 Å². The molecule has 4 heteroatoms. The van der Waals surface area contributed by atoms with E-state index in [1.54, 1.807) is 0 Å². The van der Waals surface area contributed by atoms with Crippen LogP contribution in [0, 0.1) is 0 Å². The van der Waals surface area contributed by atoms with Crippen molar-refractivity contribution in [2.75, 3.05) is 0 Å². The smallest absolute Gasteiger partial charge is 1.00 e. The minimum Gasteiger partial charge on any atom is -1.00 e. The Labute approximate surface area is 77.2 Å². The van der Waals surface area contributed by atoms with Crippen LogP contribution in [0.5, 0.6) is 0 Å². The topological polar surface area (TPSA) is 57.5 Å². The largest absolute Gasteiger partial charge is 1.00 e. The van der Waals surface area contributed by atoms with Gasteiger partial charge < -0.3 is 11.6 Å². The molecule has 0 radical (unpaired) electrons. The van der Waals surface area contributed by atoms with Crippen LogP contribution >= 0.6 is 0 Å². The van der Waals surface area contributed by atoms with Gasteiger partial charge in [0.2, 0.25) is 0 Å². The summed E-state index contributed by atoms with van der Waals surface area (Å²) in [6.45, 7) is 3.14. The van der Waals surface area contributed by atoms with Gasteiger partial charge in [-0.05, 0) is 6.08 Å². The van der Waals surface area contributed by atoms with E-state index < -0.39 is 6.29 Å². The molecule has 9 heavy (non-hydrogen) atoms. The Balaban J connectivity index is -0.000000245. The summed E-state index contributed by atoms with van der Waals surface area (Å²) in [6, 6.07) is 0. The van der Waals surface area contributed by atoms with Gasteiger partial charge in [0.15, 0.2) is 12.1 Å².